The maximum absolute atomic E-state index is 12.9. The molecule has 170 valence electrons. The summed E-state index contributed by atoms with van der Waals surface area (Å²) < 4.78 is 5.85. The average Bonchev–Trinajstić information content (AvgIpc) is 3.19. The minimum atomic E-state index is -0.762. The summed E-state index contributed by atoms with van der Waals surface area (Å²) >= 11 is 0. The average molecular weight is 439 g/mol. The molecular weight excluding hydrogens is 408 g/mol. The van der Waals surface area contributed by atoms with Crippen molar-refractivity contribution in [3.05, 3.63) is 28.5 Å². The van der Waals surface area contributed by atoms with E-state index in [0.717, 1.165) is 51.4 Å². The van der Waals surface area contributed by atoms with Crippen LogP contribution in [-0.2, 0) is 11.2 Å². The summed E-state index contributed by atoms with van der Waals surface area (Å²) in [7, 11) is 0. The Bertz CT molecular complexity index is 1110. The molecule has 6 nitrogen and oxygen atoms in total. The van der Waals surface area contributed by atoms with E-state index in [1.807, 2.05) is 0 Å². The van der Waals surface area contributed by atoms with Crippen LogP contribution in [0, 0.1) is 11.8 Å². The SMILES string of the molecule is O=C1C(=O)c2oc3c(CC4CCCCC4)c(O)c(O)cc3c2C(O)=C1CC1CCCCC1. The summed E-state index contributed by atoms with van der Waals surface area (Å²) in [5.41, 5.74) is 1.06. The van der Waals surface area contributed by atoms with Crippen molar-refractivity contribution in [2.45, 2.75) is 77.0 Å². The van der Waals surface area contributed by atoms with Crippen LogP contribution in [0.5, 0.6) is 11.5 Å². The minimum Gasteiger partial charge on any atom is -0.507 e. The van der Waals surface area contributed by atoms with Gasteiger partial charge in [0.2, 0.25) is 5.78 Å². The molecule has 6 heteroatoms. The predicted octanol–water partition coefficient (Wildman–Crippen LogP) is 5.97. The van der Waals surface area contributed by atoms with Gasteiger partial charge in [-0.15, -0.1) is 0 Å². The Hall–Kier alpha value is -2.76. The lowest BCUT2D eigenvalue weighted by Gasteiger charge is -2.23. The zero-order valence-corrected chi connectivity index (χ0v) is 18.3. The molecule has 0 atom stereocenters. The van der Waals surface area contributed by atoms with Gasteiger partial charge in [-0.3, -0.25) is 9.59 Å². The molecule has 0 saturated heterocycles. The van der Waals surface area contributed by atoms with E-state index in [9.17, 15) is 24.9 Å². The van der Waals surface area contributed by atoms with Gasteiger partial charge in [0.25, 0.3) is 5.78 Å². The Balaban J connectivity index is 1.61. The number of fused-ring (bicyclic) bond motifs is 3. The van der Waals surface area contributed by atoms with Gasteiger partial charge in [0.1, 0.15) is 11.3 Å². The molecule has 0 radical (unpaired) electrons. The van der Waals surface area contributed by atoms with Crippen LogP contribution in [0.4, 0.5) is 0 Å². The molecule has 2 saturated carbocycles. The van der Waals surface area contributed by atoms with Gasteiger partial charge in [-0.05, 0) is 30.7 Å². The highest BCUT2D eigenvalue weighted by molar-refractivity contribution is 6.52. The molecule has 5 rings (SSSR count). The Morgan fingerprint density at radius 3 is 2.03 bits per heavy atom. The fraction of sp³-hybridized carbons (Fsp3) is 0.538. The van der Waals surface area contributed by atoms with Crippen LogP contribution in [0.3, 0.4) is 0 Å². The Kier molecular flexibility index (Phi) is 5.48. The van der Waals surface area contributed by atoms with E-state index in [1.165, 1.54) is 18.9 Å². The van der Waals surface area contributed by atoms with Crippen LogP contribution < -0.4 is 0 Å². The molecule has 1 aromatic heterocycles. The number of hydrogen-bond acceptors (Lipinski definition) is 6. The number of phenols is 2. The van der Waals surface area contributed by atoms with Crippen molar-refractivity contribution < 1.29 is 29.3 Å². The van der Waals surface area contributed by atoms with Crippen molar-refractivity contribution in [2.24, 2.45) is 11.8 Å². The molecule has 2 fully saturated rings. The molecule has 1 heterocycles. The van der Waals surface area contributed by atoms with Crippen molar-refractivity contribution in [1.82, 2.24) is 0 Å². The molecule has 32 heavy (non-hydrogen) atoms. The first-order valence-electron chi connectivity index (χ1n) is 12.0. The first-order valence-corrected chi connectivity index (χ1v) is 12.0. The monoisotopic (exact) mass is 438 g/mol. The third-order valence-electron chi connectivity index (χ3n) is 7.67. The fourth-order valence-electron chi connectivity index (χ4n) is 5.91. The van der Waals surface area contributed by atoms with E-state index in [1.54, 1.807) is 0 Å². The van der Waals surface area contributed by atoms with Gasteiger partial charge in [0.05, 0.1) is 5.56 Å². The Morgan fingerprint density at radius 2 is 1.41 bits per heavy atom. The van der Waals surface area contributed by atoms with Gasteiger partial charge in [-0.1, -0.05) is 64.2 Å². The van der Waals surface area contributed by atoms with Crippen molar-refractivity contribution in [1.29, 1.82) is 0 Å². The number of carbonyl (C=O) groups excluding carboxylic acids is 2. The number of allylic oxidation sites excluding steroid dienone is 1. The van der Waals surface area contributed by atoms with E-state index < -0.39 is 11.6 Å². The highest BCUT2D eigenvalue weighted by Gasteiger charge is 2.39. The van der Waals surface area contributed by atoms with Gasteiger partial charge in [0.15, 0.2) is 17.3 Å². The molecule has 0 spiro atoms. The lowest BCUT2D eigenvalue weighted by Crippen LogP contribution is -2.25. The summed E-state index contributed by atoms with van der Waals surface area (Å²) in [4.78, 5) is 25.8. The van der Waals surface area contributed by atoms with Gasteiger partial charge in [-0.25, -0.2) is 0 Å². The first-order chi connectivity index (χ1) is 15.5. The van der Waals surface area contributed by atoms with Gasteiger partial charge in [0, 0.05) is 16.5 Å². The summed E-state index contributed by atoms with van der Waals surface area (Å²) in [6.45, 7) is 0. The molecule has 2 aromatic rings. The molecule has 0 unspecified atom stereocenters. The number of furan rings is 1. The minimum absolute atomic E-state index is 0.151. The number of aliphatic hydroxyl groups excluding tert-OH is 1. The number of hydrogen-bond donors (Lipinski definition) is 3. The summed E-state index contributed by atoms with van der Waals surface area (Å²) in [5, 5.41) is 32.5. The standard InChI is InChI=1S/C26H30O6/c27-19-13-16-20-22(29)17(11-14-7-3-1-4-8-14)23(30)24(31)26(20)32-25(16)18(21(19)28)12-15-9-5-2-6-10-15/h13-15,27-29H,1-12H2. The second-order valence-electron chi connectivity index (χ2n) is 9.81. The number of aromatic hydroxyl groups is 2. The van der Waals surface area contributed by atoms with Crippen LogP contribution >= 0.6 is 0 Å². The van der Waals surface area contributed by atoms with E-state index in [-0.39, 0.29) is 45.7 Å². The zero-order chi connectivity index (χ0) is 22.4. The third kappa shape index (κ3) is 3.50. The number of Topliss-reactive ketones (excluding diaryl/α,β-unsaturated/α-hetero) is 2. The van der Waals surface area contributed by atoms with Crippen LogP contribution in [0.15, 0.2) is 16.1 Å². The first kappa shape index (κ1) is 21.1. The summed E-state index contributed by atoms with van der Waals surface area (Å²) in [6.07, 6.45) is 11.8. The molecule has 3 aliphatic rings. The lowest BCUT2D eigenvalue weighted by molar-refractivity contribution is -0.112. The number of carbonyl (C=O) groups is 2. The fourth-order valence-corrected chi connectivity index (χ4v) is 5.91. The summed E-state index contributed by atoms with van der Waals surface area (Å²) in [6, 6.07) is 1.33. The smallest absolute Gasteiger partial charge is 0.269 e. The highest BCUT2D eigenvalue weighted by Crippen LogP contribution is 2.46. The quantitative estimate of drug-likeness (QED) is 0.401. The maximum atomic E-state index is 12.9. The maximum Gasteiger partial charge on any atom is 0.269 e. The molecule has 0 amide bonds. The topological polar surface area (TPSA) is 108 Å². The second kappa shape index (κ2) is 8.30. The molecule has 0 bridgehead atoms. The predicted molar refractivity (Wildman–Crippen MR) is 120 cm³/mol. The second-order valence-corrected chi connectivity index (χ2v) is 9.81. The lowest BCUT2D eigenvalue weighted by atomic mass is 9.80. The van der Waals surface area contributed by atoms with E-state index in [4.69, 9.17) is 4.42 Å². The van der Waals surface area contributed by atoms with Crippen LogP contribution in [-0.4, -0.2) is 26.9 Å². The van der Waals surface area contributed by atoms with Gasteiger partial charge in [-0.2, -0.15) is 0 Å². The van der Waals surface area contributed by atoms with Crippen LogP contribution in [0.2, 0.25) is 0 Å². The normalized spacial score (nSPS) is 20.9. The van der Waals surface area contributed by atoms with Crippen LogP contribution in [0.1, 0.15) is 92.3 Å². The largest absolute Gasteiger partial charge is 0.507 e. The third-order valence-corrected chi connectivity index (χ3v) is 7.67. The van der Waals surface area contributed by atoms with Crippen molar-refractivity contribution >= 4 is 28.3 Å². The van der Waals surface area contributed by atoms with Gasteiger partial charge >= 0.3 is 0 Å². The van der Waals surface area contributed by atoms with E-state index in [0.29, 0.717) is 29.7 Å². The zero-order valence-electron chi connectivity index (χ0n) is 18.3. The highest BCUT2D eigenvalue weighted by atomic mass is 16.4. The molecule has 1 aromatic carbocycles. The molecule has 3 N–H and O–H groups in total. The molecule has 3 aliphatic carbocycles. The number of rotatable bonds is 4. The Morgan fingerprint density at radius 1 is 0.812 bits per heavy atom. The van der Waals surface area contributed by atoms with Gasteiger partial charge < -0.3 is 19.7 Å². The number of benzene rings is 1. The summed E-state index contributed by atoms with van der Waals surface area (Å²) in [5.74, 6) is -1.81. The number of phenolic OH excluding ortho intramolecular Hbond substituents is 2. The number of aliphatic hydroxyl groups is 1. The van der Waals surface area contributed by atoms with E-state index >= 15 is 0 Å². The van der Waals surface area contributed by atoms with E-state index in [2.05, 4.69) is 0 Å². The van der Waals surface area contributed by atoms with Crippen molar-refractivity contribution in [2.75, 3.05) is 0 Å². The van der Waals surface area contributed by atoms with Crippen molar-refractivity contribution in [3.8, 4) is 11.5 Å². The Labute approximate surface area is 186 Å². The van der Waals surface area contributed by atoms with Crippen molar-refractivity contribution in [3.63, 3.8) is 0 Å². The molecule has 0 aliphatic heterocycles. The number of ketones is 2. The van der Waals surface area contributed by atoms with Crippen LogP contribution in [0.25, 0.3) is 16.7 Å². The molecular formula is C26H30O6.